The summed E-state index contributed by atoms with van der Waals surface area (Å²) < 4.78 is 0. The van der Waals surface area contributed by atoms with E-state index in [0.29, 0.717) is 28.9 Å². The lowest BCUT2D eigenvalue weighted by molar-refractivity contribution is -0.136. The molecule has 0 atom stereocenters. The summed E-state index contributed by atoms with van der Waals surface area (Å²) in [4.78, 5) is 36.7. The Kier molecular flexibility index (Phi) is 8.57. The van der Waals surface area contributed by atoms with Crippen LogP contribution in [0.3, 0.4) is 0 Å². The topological polar surface area (TPSA) is 95.5 Å². The molecule has 3 aromatic carbocycles. The van der Waals surface area contributed by atoms with Crippen LogP contribution in [0.15, 0.2) is 66.7 Å². The Bertz CT molecular complexity index is 1190. The van der Waals surface area contributed by atoms with Crippen LogP contribution >= 0.6 is 0 Å². The van der Waals surface area contributed by atoms with Gasteiger partial charge in [0.25, 0.3) is 11.8 Å². The van der Waals surface area contributed by atoms with Crippen molar-refractivity contribution < 1.29 is 19.5 Å². The average molecular weight is 459 g/mol. The van der Waals surface area contributed by atoms with Gasteiger partial charge in [-0.3, -0.25) is 14.4 Å². The quantitative estimate of drug-likeness (QED) is 0.355. The van der Waals surface area contributed by atoms with E-state index in [1.807, 2.05) is 31.2 Å². The summed E-state index contributed by atoms with van der Waals surface area (Å²) in [5, 5.41) is 14.6. The van der Waals surface area contributed by atoms with Gasteiger partial charge < -0.3 is 15.7 Å². The highest BCUT2D eigenvalue weighted by Gasteiger charge is 2.15. The van der Waals surface area contributed by atoms with Crippen LogP contribution in [0.25, 0.3) is 0 Å². The molecule has 0 unspecified atom stereocenters. The van der Waals surface area contributed by atoms with Crippen LogP contribution in [0.1, 0.15) is 63.6 Å². The van der Waals surface area contributed by atoms with E-state index in [-0.39, 0.29) is 18.2 Å². The molecule has 0 bridgehead atoms. The Morgan fingerprint density at radius 1 is 0.853 bits per heavy atom. The molecular formula is C28H30N2O4. The zero-order valence-electron chi connectivity index (χ0n) is 19.6. The van der Waals surface area contributed by atoms with E-state index < -0.39 is 5.97 Å². The number of unbranched alkanes of at least 4 members (excludes halogenated alkanes) is 1. The lowest BCUT2D eigenvalue weighted by Gasteiger charge is -2.13. The van der Waals surface area contributed by atoms with Crippen molar-refractivity contribution >= 4 is 29.2 Å². The minimum absolute atomic E-state index is 0.0192. The minimum Gasteiger partial charge on any atom is -0.481 e. The maximum atomic E-state index is 13.0. The van der Waals surface area contributed by atoms with Gasteiger partial charge >= 0.3 is 5.97 Å². The van der Waals surface area contributed by atoms with Crippen LogP contribution in [0.4, 0.5) is 11.4 Å². The van der Waals surface area contributed by atoms with Crippen molar-refractivity contribution in [1.82, 2.24) is 0 Å². The molecule has 34 heavy (non-hydrogen) atoms. The van der Waals surface area contributed by atoms with Crippen molar-refractivity contribution in [2.75, 3.05) is 10.6 Å². The fourth-order valence-corrected chi connectivity index (χ4v) is 3.72. The monoisotopic (exact) mass is 458 g/mol. The van der Waals surface area contributed by atoms with E-state index in [1.165, 1.54) is 5.56 Å². The molecule has 0 saturated heterocycles. The van der Waals surface area contributed by atoms with Gasteiger partial charge in [0.2, 0.25) is 0 Å². The summed E-state index contributed by atoms with van der Waals surface area (Å²) in [6, 6.07) is 19.6. The molecule has 0 fully saturated rings. The summed E-state index contributed by atoms with van der Waals surface area (Å²) >= 11 is 0. The molecule has 6 heteroatoms. The molecule has 0 radical (unpaired) electrons. The van der Waals surface area contributed by atoms with Gasteiger partial charge in [-0.2, -0.15) is 0 Å². The Morgan fingerprint density at radius 2 is 1.65 bits per heavy atom. The normalized spacial score (nSPS) is 10.5. The minimum atomic E-state index is -0.870. The molecule has 2 amide bonds. The molecule has 0 aliphatic rings. The first-order valence-corrected chi connectivity index (χ1v) is 11.5. The molecule has 176 valence electrons. The number of carboxylic acids is 1. The summed E-state index contributed by atoms with van der Waals surface area (Å²) in [6.45, 7) is 4.16. The Morgan fingerprint density at radius 3 is 2.38 bits per heavy atom. The third kappa shape index (κ3) is 6.78. The zero-order chi connectivity index (χ0) is 24.5. The van der Waals surface area contributed by atoms with Gasteiger partial charge in [-0.25, -0.2) is 0 Å². The van der Waals surface area contributed by atoms with Crippen LogP contribution in [0.5, 0.6) is 0 Å². The number of hydrogen-bond donors (Lipinski definition) is 3. The van der Waals surface area contributed by atoms with Crippen molar-refractivity contribution in [3.05, 3.63) is 94.5 Å². The van der Waals surface area contributed by atoms with Crippen molar-refractivity contribution in [1.29, 1.82) is 0 Å². The number of nitrogens with one attached hydrogen (secondary N) is 2. The largest absolute Gasteiger partial charge is 0.481 e. The molecule has 3 rings (SSSR count). The summed E-state index contributed by atoms with van der Waals surface area (Å²) in [5.41, 5.74) is 4.99. The van der Waals surface area contributed by atoms with Crippen LogP contribution < -0.4 is 10.6 Å². The number of carbonyl (C=O) groups is 3. The maximum Gasteiger partial charge on any atom is 0.303 e. The smallest absolute Gasteiger partial charge is 0.303 e. The lowest BCUT2D eigenvalue weighted by atomic mass is 10.00. The second-order valence-corrected chi connectivity index (χ2v) is 8.29. The Hall–Kier alpha value is -3.93. The molecule has 0 aliphatic carbocycles. The van der Waals surface area contributed by atoms with Crippen molar-refractivity contribution in [2.45, 2.75) is 46.0 Å². The van der Waals surface area contributed by atoms with E-state index in [0.717, 1.165) is 30.4 Å². The molecule has 3 aromatic rings. The number of anilines is 2. The zero-order valence-corrected chi connectivity index (χ0v) is 19.6. The second kappa shape index (κ2) is 11.8. The highest BCUT2D eigenvalue weighted by Crippen LogP contribution is 2.21. The third-order valence-corrected chi connectivity index (χ3v) is 5.64. The molecule has 0 spiro atoms. The number of aryl methyl sites for hydroxylation is 3. The number of carbonyl (C=O) groups excluding carboxylic acids is 2. The molecule has 0 aliphatic heterocycles. The third-order valence-electron chi connectivity index (χ3n) is 5.64. The second-order valence-electron chi connectivity index (χ2n) is 8.29. The predicted octanol–water partition coefficient (Wildman–Crippen LogP) is 5.86. The van der Waals surface area contributed by atoms with Gasteiger partial charge in [-0.1, -0.05) is 43.7 Å². The number of hydrogen-bond acceptors (Lipinski definition) is 3. The Balaban J connectivity index is 1.73. The van der Waals surface area contributed by atoms with Gasteiger partial charge in [-0.05, 0) is 79.3 Å². The van der Waals surface area contributed by atoms with Crippen LogP contribution in [-0.2, 0) is 17.6 Å². The first-order valence-electron chi connectivity index (χ1n) is 11.5. The number of benzene rings is 3. The first-order chi connectivity index (χ1) is 16.4. The maximum absolute atomic E-state index is 13.0. The molecule has 0 saturated carbocycles. The number of amides is 2. The number of aliphatic carboxylic acids is 1. The van der Waals surface area contributed by atoms with Gasteiger partial charge in [0.15, 0.2) is 0 Å². The van der Waals surface area contributed by atoms with Gasteiger partial charge in [0.1, 0.15) is 0 Å². The van der Waals surface area contributed by atoms with Gasteiger partial charge in [-0.15, -0.1) is 0 Å². The lowest BCUT2D eigenvalue weighted by Crippen LogP contribution is -2.18. The molecule has 3 N–H and O–H groups in total. The van der Waals surface area contributed by atoms with Gasteiger partial charge in [0, 0.05) is 17.7 Å². The van der Waals surface area contributed by atoms with Crippen molar-refractivity contribution in [3.8, 4) is 0 Å². The van der Waals surface area contributed by atoms with Crippen LogP contribution in [-0.4, -0.2) is 22.9 Å². The molecule has 0 aromatic heterocycles. The highest BCUT2D eigenvalue weighted by molar-refractivity contribution is 6.12. The van der Waals surface area contributed by atoms with Crippen LogP contribution in [0, 0.1) is 6.92 Å². The first kappa shape index (κ1) is 24.7. The molecule has 0 heterocycles. The summed E-state index contributed by atoms with van der Waals surface area (Å²) in [6.07, 6.45) is 3.61. The van der Waals surface area contributed by atoms with Crippen LogP contribution in [0.2, 0.25) is 0 Å². The fraction of sp³-hybridized carbons (Fsp3) is 0.250. The molecular weight excluding hydrogens is 428 g/mol. The molecule has 6 nitrogen and oxygen atoms in total. The number of carboxylic acid groups (broad SMARTS) is 1. The fourth-order valence-electron chi connectivity index (χ4n) is 3.72. The predicted molar refractivity (Wildman–Crippen MR) is 135 cm³/mol. The highest BCUT2D eigenvalue weighted by atomic mass is 16.4. The van der Waals surface area contributed by atoms with E-state index in [9.17, 15) is 14.4 Å². The SMILES string of the molecule is CCCCc1ccc(C(=O)Nc2ccccc2C(=O)Nc2cccc(CCC(=O)O)c2)cc1C. The Labute approximate surface area is 200 Å². The van der Waals surface area contributed by atoms with E-state index in [1.54, 1.807) is 42.5 Å². The van der Waals surface area contributed by atoms with Gasteiger partial charge in [0.05, 0.1) is 11.3 Å². The average Bonchev–Trinajstić information content (AvgIpc) is 2.82. The standard InChI is InChI=1S/C28H30N2O4/c1-3-4-9-21-14-15-22(17-19(21)2)27(33)30-25-12-6-5-11-24(25)28(34)29-23-10-7-8-20(18-23)13-16-26(31)32/h5-8,10-12,14-15,17-18H,3-4,9,13,16H2,1-2H3,(H,29,34)(H,30,33)(H,31,32). The summed E-state index contributed by atoms with van der Waals surface area (Å²) in [5.74, 6) is -1.51. The van der Waals surface area contributed by atoms with E-state index >= 15 is 0 Å². The van der Waals surface area contributed by atoms with Crippen molar-refractivity contribution in [2.24, 2.45) is 0 Å². The summed E-state index contributed by atoms with van der Waals surface area (Å²) in [7, 11) is 0. The number of rotatable bonds is 10. The number of para-hydroxylation sites is 1. The van der Waals surface area contributed by atoms with E-state index in [2.05, 4.69) is 17.6 Å². The van der Waals surface area contributed by atoms with Crippen molar-refractivity contribution in [3.63, 3.8) is 0 Å². The van der Waals surface area contributed by atoms with E-state index in [4.69, 9.17) is 5.11 Å².